The van der Waals surface area contributed by atoms with Crippen LogP contribution in [0.15, 0.2) is 33.8 Å². The Labute approximate surface area is 123 Å². The van der Waals surface area contributed by atoms with Crippen molar-refractivity contribution < 1.29 is 0 Å². The number of nitrogens with zero attached hydrogens (tertiary/aromatic N) is 2. The number of halogens is 2. The molecule has 0 aliphatic heterocycles. The van der Waals surface area contributed by atoms with Gasteiger partial charge in [-0.15, -0.1) is 0 Å². The van der Waals surface area contributed by atoms with Crippen LogP contribution >= 0.6 is 27.5 Å². The van der Waals surface area contributed by atoms with E-state index in [0.717, 1.165) is 26.5 Å². The van der Waals surface area contributed by atoms with E-state index >= 15 is 0 Å². The molecule has 0 atom stereocenters. The average Bonchev–Trinajstić information content (AvgIpc) is 2.39. The van der Waals surface area contributed by atoms with Gasteiger partial charge >= 0.3 is 0 Å². The van der Waals surface area contributed by atoms with E-state index in [9.17, 15) is 4.79 Å². The maximum absolute atomic E-state index is 12.4. The Balaban J connectivity index is 2.73. The molecule has 0 N–H and O–H groups in total. The monoisotopic (exact) mass is 336 g/mol. The molecule has 2 aromatic heterocycles. The summed E-state index contributed by atoms with van der Waals surface area (Å²) in [6, 6.07) is 5.41. The van der Waals surface area contributed by atoms with Gasteiger partial charge in [0.1, 0.15) is 4.60 Å². The van der Waals surface area contributed by atoms with Crippen molar-refractivity contribution in [1.29, 1.82) is 0 Å². The molecule has 96 valence electrons. The zero-order valence-corrected chi connectivity index (χ0v) is 12.7. The summed E-state index contributed by atoms with van der Waals surface area (Å²) in [5.41, 5.74) is 1.77. The summed E-state index contributed by atoms with van der Waals surface area (Å²) in [4.78, 5) is 16.6. The van der Waals surface area contributed by atoms with E-state index in [1.165, 1.54) is 0 Å². The first-order chi connectivity index (χ1) is 9.00. The molecule has 0 radical (unpaired) electrons. The van der Waals surface area contributed by atoms with Crippen molar-refractivity contribution in [3.05, 3.63) is 49.9 Å². The molecule has 0 saturated heterocycles. The van der Waals surface area contributed by atoms with Crippen LogP contribution in [0.2, 0.25) is 5.02 Å². The zero-order chi connectivity index (χ0) is 13.7. The first-order valence-corrected chi connectivity index (χ1v) is 6.91. The standard InChI is InChI=1S/C14H10BrClN2O/c1-7-12-9-4-3-8(16)5-10(9)14(19)18(2)11(12)6-17-13(7)15/h3-6H,1-2H3. The van der Waals surface area contributed by atoms with Crippen LogP contribution in [0, 0.1) is 6.92 Å². The molecule has 5 heteroatoms. The summed E-state index contributed by atoms with van der Waals surface area (Å²) in [5.74, 6) is 0. The van der Waals surface area contributed by atoms with Crippen LogP contribution in [0.4, 0.5) is 0 Å². The molecule has 0 spiro atoms. The molecule has 3 rings (SSSR count). The predicted octanol–water partition coefficient (Wildman–Crippen LogP) is 3.81. The van der Waals surface area contributed by atoms with E-state index in [0.29, 0.717) is 10.4 Å². The highest BCUT2D eigenvalue weighted by atomic mass is 79.9. The van der Waals surface area contributed by atoms with E-state index in [1.54, 1.807) is 29.9 Å². The normalized spacial score (nSPS) is 11.4. The molecule has 0 unspecified atom stereocenters. The van der Waals surface area contributed by atoms with Gasteiger partial charge in [-0.05, 0) is 45.9 Å². The van der Waals surface area contributed by atoms with Gasteiger partial charge in [-0.1, -0.05) is 17.7 Å². The van der Waals surface area contributed by atoms with Crippen molar-refractivity contribution in [2.24, 2.45) is 7.05 Å². The van der Waals surface area contributed by atoms with Gasteiger partial charge in [-0.25, -0.2) is 4.98 Å². The summed E-state index contributed by atoms with van der Waals surface area (Å²) in [7, 11) is 1.75. The van der Waals surface area contributed by atoms with Crippen LogP contribution in [0.3, 0.4) is 0 Å². The smallest absolute Gasteiger partial charge is 0.258 e. The van der Waals surface area contributed by atoms with Crippen molar-refractivity contribution in [1.82, 2.24) is 9.55 Å². The molecule has 3 nitrogen and oxygen atoms in total. The van der Waals surface area contributed by atoms with E-state index in [4.69, 9.17) is 11.6 Å². The summed E-state index contributed by atoms with van der Waals surface area (Å²) in [5, 5.41) is 3.12. The van der Waals surface area contributed by atoms with Crippen LogP contribution in [0.1, 0.15) is 5.56 Å². The van der Waals surface area contributed by atoms with E-state index < -0.39 is 0 Å². The summed E-state index contributed by atoms with van der Waals surface area (Å²) in [6.07, 6.45) is 1.71. The maximum atomic E-state index is 12.4. The largest absolute Gasteiger partial charge is 0.309 e. The SMILES string of the molecule is Cc1c(Br)ncc2c1c1ccc(Cl)cc1c(=O)n2C. The summed E-state index contributed by atoms with van der Waals surface area (Å²) < 4.78 is 2.40. The summed E-state index contributed by atoms with van der Waals surface area (Å²) >= 11 is 9.43. The van der Waals surface area contributed by atoms with Gasteiger partial charge in [-0.2, -0.15) is 0 Å². The lowest BCUT2D eigenvalue weighted by atomic mass is 10.0. The van der Waals surface area contributed by atoms with Gasteiger partial charge in [0.05, 0.1) is 11.7 Å². The second kappa shape index (κ2) is 4.32. The molecule has 1 aromatic carbocycles. The van der Waals surface area contributed by atoms with E-state index in [-0.39, 0.29) is 5.56 Å². The number of fused-ring (bicyclic) bond motifs is 3. The van der Waals surface area contributed by atoms with Crippen molar-refractivity contribution in [2.75, 3.05) is 0 Å². The minimum absolute atomic E-state index is 0.0616. The lowest BCUT2D eigenvalue weighted by molar-refractivity contribution is 0.912. The number of hydrogen-bond donors (Lipinski definition) is 0. The molecular formula is C14H10BrClN2O. The Bertz CT molecular complexity index is 886. The Morgan fingerprint density at radius 2 is 2.05 bits per heavy atom. The second-order valence-corrected chi connectivity index (χ2v) is 5.68. The highest BCUT2D eigenvalue weighted by molar-refractivity contribution is 9.10. The molecule has 0 bridgehead atoms. The van der Waals surface area contributed by atoms with Crippen molar-refractivity contribution in [2.45, 2.75) is 6.92 Å². The topological polar surface area (TPSA) is 34.9 Å². The average molecular weight is 338 g/mol. The van der Waals surface area contributed by atoms with Gasteiger partial charge < -0.3 is 4.57 Å². The number of pyridine rings is 2. The van der Waals surface area contributed by atoms with Gasteiger partial charge in [0, 0.05) is 22.8 Å². The third kappa shape index (κ3) is 1.78. The van der Waals surface area contributed by atoms with Crippen LogP contribution < -0.4 is 5.56 Å². The Hall–Kier alpha value is -1.39. The van der Waals surface area contributed by atoms with Crippen LogP contribution in [-0.2, 0) is 7.05 Å². The van der Waals surface area contributed by atoms with Gasteiger partial charge in [-0.3, -0.25) is 4.79 Å². The minimum Gasteiger partial charge on any atom is -0.309 e. The maximum Gasteiger partial charge on any atom is 0.258 e. The predicted molar refractivity (Wildman–Crippen MR) is 81.9 cm³/mol. The summed E-state index contributed by atoms with van der Waals surface area (Å²) in [6.45, 7) is 1.98. The van der Waals surface area contributed by atoms with Gasteiger partial charge in [0.25, 0.3) is 5.56 Å². The molecule has 0 amide bonds. The van der Waals surface area contributed by atoms with Gasteiger partial charge in [0.15, 0.2) is 0 Å². The van der Waals surface area contributed by atoms with E-state index in [1.807, 2.05) is 13.0 Å². The van der Waals surface area contributed by atoms with Crippen molar-refractivity contribution in [3.8, 4) is 0 Å². The number of benzene rings is 1. The lowest BCUT2D eigenvalue weighted by Crippen LogP contribution is -2.17. The van der Waals surface area contributed by atoms with E-state index in [2.05, 4.69) is 20.9 Å². The molecule has 3 aromatic rings. The third-order valence-electron chi connectivity index (χ3n) is 3.39. The number of hydrogen-bond acceptors (Lipinski definition) is 2. The second-order valence-electron chi connectivity index (χ2n) is 4.49. The number of aromatic nitrogens is 2. The number of rotatable bonds is 0. The molecular weight excluding hydrogens is 328 g/mol. The third-order valence-corrected chi connectivity index (χ3v) is 4.42. The molecule has 2 heterocycles. The first-order valence-electron chi connectivity index (χ1n) is 5.74. The molecule has 0 saturated carbocycles. The molecule has 0 aliphatic carbocycles. The van der Waals surface area contributed by atoms with Crippen molar-refractivity contribution in [3.63, 3.8) is 0 Å². The van der Waals surface area contributed by atoms with Crippen LogP contribution in [-0.4, -0.2) is 9.55 Å². The van der Waals surface area contributed by atoms with Crippen LogP contribution in [0.25, 0.3) is 21.7 Å². The van der Waals surface area contributed by atoms with Gasteiger partial charge in [0.2, 0.25) is 0 Å². The quantitative estimate of drug-likeness (QED) is 0.462. The fourth-order valence-corrected chi connectivity index (χ4v) is 2.84. The first kappa shape index (κ1) is 12.6. The Morgan fingerprint density at radius 3 is 2.79 bits per heavy atom. The highest BCUT2D eigenvalue weighted by Gasteiger charge is 2.12. The fraction of sp³-hybridized carbons (Fsp3) is 0.143. The Kier molecular flexibility index (Phi) is 2.87. The lowest BCUT2D eigenvalue weighted by Gasteiger charge is -2.12. The molecule has 0 fully saturated rings. The highest BCUT2D eigenvalue weighted by Crippen LogP contribution is 2.29. The molecule has 0 aliphatic rings. The molecule has 19 heavy (non-hydrogen) atoms. The van der Waals surface area contributed by atoms with Crippen LogP contribution in [0.5, 0.6) is 0 Å². The number of aryl methyl sites for hydroxylation is 2. The Morgan fingerprint density at radius 1 is 1.32 bits per heavy atom. The van der Waals surface area contributed by atoms with Crippen molar-refractivity contribution >= 4 is 49.2 Å². The zero-order valence-electron chi connectivity index (χ0n) is 10.4. The minimum atomic E-state index is -0.0616. The fourth-order valence-electron chi connectivity index (χ4n) is 2.37.